The van der Waals surface area contributed by atoms with Gasteiger partial charge in [0, 0.05) is 38.0 Å². The number of halogens is 3. The van der Waals surface area contributed by atoms with Crippen LogP contribution < -0.4 is 11.1 Å². The van der Waals surface area contributed by atoms with Crippen LogP contribution in [-0.4, -0.2) is 28.0 Å². The fraction of sp³-hybridized carbons (Fsp3) is 0.467. The van der Waals surface area contributed by atoms with Gasteiger partial charge in [-0.2, -0.15) is 0 Å². The van der Waals surface area contributed by atoms with Gasteiger partial charge in [0.15, 0.2) is 0 Å². The van der Waals surface area contributed by atoms with E-state index in [4.69, 9.17) is 5.73 Å². The third-order valence-electron chi connectivity index (χ3n) is 3.79. The summed E-state index contributed by atoms with van der Waals surface area (Å²) in [6, 6.07) is 4.36. The monoisotopic (exact) mass is 364 g/mol. The van der Waals surface area contributed by atoms with Crippen molar-refractivity contribution in [3.8, 4) is 0 Å². The maximum absolute atomic E-state index is 13.2. The number of carbonyl (C=O) groups excluding carboxylic acids is 1. The van der Waals surface area contributed by atoms with E-state index in [9.17, 15) is 9.18 Å². The van der Waals surface area contributed by atoms with Gasteiger partial charge in [0.05, 0.1) is 11.0 Å². The highest BCUT2D eigenvalue weighted by Crippen LogP contribution is 2.16. The Bertz CT molecular complexity index is 660. The van der Waals surface area contributed by atoms with Crippen molar-refractivity contribution in [1.82, 2.24) is 14.9 Å². The Morgan fingerprint density at radius 3 is 2.65 bits per heavy atom. The number of aromatic nitrogens is 2. The molecular formula is C15H23Cl2FN4O. The zero-order chi connectivity index (χ0) is 15.6. The van der Waals surface area contributed by atoms with Crippen molar-refractivity contribution < 1.29 is 9.18 Å². The van der Waals surface area contributed by atoms with E-state index in [-0.39, 0.29) is 48.5 Å². The van der Waals surface area contributed by atoms with Crippen LogP contribution in [-0.2, 0) is 18.3 Å². The Labute approximate surface area is 147 Å². The number of fused-ring (bicyclic) bond motifs is 1. The number of benzene rings is 1. The van der Waals surface area contributed by atoms with Crippen molar-refractivity contribution in [2.45, 2.75) is 26.3 Å². The van der Waals surface area contributed by atoms with Crippen LogP contribution >= 0.6 is 24.8 Å². The van der Waals surface area contributed by atoms with E-state index in [1.807, 2.05) is 18.5 Å². The van der Waals surface area contributed by atoms with Gasteiger partial charge in [-0.1, -0.05) is 6.92 Å². The van der Waals surface area contributed by atoms with Gasteiger partial charge >= 0.3 is 0 Å². The molecule has 2 unspecified atom stereocenters. The number of rotatable bonds is 5. The lowest BCUT2D eigenvalue weighted by molar-refractivity contribution is -0.124. The summed E-state index contributed by atoms with van der Waals surface area (Å²) in [5.74, 6) is 0.227. The standard InChI is InChI=1S/C15H21FN4O.2ClH/c1-9(10(2)17)15(21)18-7-6-14-19-12-8-11(16)4-5-13(12)20(14)3;;/h4-5,8-10H,6-7,17H2,1-3H3,(H,18,21);2*1H. The van der Waals surface area contributed by atoms with E-state index < -0.39 is 0 Å². The minimum Gasteiger partial charge on any atom is -0.355 e. The van der Waals surface area contributed by atoms with Gasteiger partial charge in [0.2, 0.25) is 5.91 Å². The summed E-state index contributed by atoms with van der Waals surface area (Å²) >= 11 is 0. The molecule has 1 amide bonds. The van der Waals surface area contributed by atoms with Crippen LogP contribution in [0.1, 0.15) is 19.7 Å². The molecule has 1 heterocycles. The molecule has 1 aromatic heterocycles. The topological polar surface area (TPSA) is 72.9 Å². The van der Waals surface area contributed by atoms with Crippen LogP contribution in [0.25, 0.3) is 11.0 Å². The number of nitrogens with two attached hydrogens (primary N) is 1. The summed E-state index contributed by atoms with van der Waals surface area (Å²) < 4.78 is 15.1. The van der Waals surface area contributed by atoms with Crippen molar-refractivity contribution >= 4 is 41.8 Å². The van der Waals surface area contributed by atoms with Gasteiger partial charge in [-0.05, 0) is 19.1 Å². The highest BCUT2D eigenvalue weighted by Gasteiger charge is 2.16. The summed E-state index contributed by atoms with van der Waals surface area (Å²) in [4.78, 5) is 16.2. The minimum atomic E-state index is -0.300. The van der Waals surface area contributed by atoms with Crippen molar-refractivity contribution in [2.24, 2.45) is 18.7 Å². The molecule has 1 aromatic carbocycles. The lowest BCUT2D eigenvalue weighted by atomic mass is 10.0. The second kappa shape index (κ2) is 9.05. The van der Waals surface area contributed by atoms with Crippen LogP contribution in [0.2, 0.25) is 0 Å². The Kier molecular flexibility index (Phi) is 8.52. The van der Waals surface area contributed by atoms with Gasteiger partial charge < -0.3 is 15.6 Å². The number of carbonyl (C=O) groups is 1. The number of nitrogens with zero attached hydrogens (tertiary/aromatic N) is 2. The lowest BCUT2D eigenvalue weighted by Gasteiger charge is -2.15. The Morgan fingerprint density at radius 2 is 2.04 bits per heavy atom. The minimum absolute atomic E-state index is 0. The Morgan fingerprint density at radius 1 is 1.39 bits per heavy atom. The Balaban J connectivity index is 0.00000242. The molecular weight excluding hydrogens is 342 g/mol. The van der Waals surface area contributed by atoms with Crippen LogP contribution in [0, 0.1) is 11.7 Å². The molecule has 0 saturated heterocycles. The molecule has 0 spiro atoms. The van der Waals surface area contributed by atoms with Gasteiger partial charge in [-0.25, -0.2) is 9.37 Å². The zero-order valence-corrected chi connectivity index (χ0v) is 15.0. The average molecular weight is 365 g/mol. The molecule has 0 aliphatic carbocycles. The molecule has 5 nitrogen and oxygen atoms in total. The number of aryl methyl sites for hydroxylation is 1. The van der Waals surface area contributed by atoms with Crippen LogP contribution in [0.3, 0.4) is 0 Å². The maximum Gasteiger partial charge on any atom is 0.224 e. The van der Waals surface area contributed by atoms with E-state index in [0.29, 0.717) is 18.5 Å². The zero-order valence-electron chi connectivity index (χ0n) is 13.4. The Hall–Kier alpha value is -1.37. The smallest absolute Gasteiger partial charge is 0.224 e. The molecule has 2 aromatic rings. The van der Waals surface area contributed by atoms with Gasteiger partial charge in [0.1, 0.15) is 11.6 Å². The molecule has 0 aliphatic rings. The van der Waals surface area contributed by atoms with Crippen LogP contribution in [0.4, 0.5) is 4.39 Å². The summed E-state index contributed by atoms with van der Waals surface area (Å²) in [6.07, 6.45) is 0.588. The second-order valence-corrected chi connectivity index (χ2v) is 5.41. The van der Waals surface area contributed by atoms with Crippen molar-refractivity contribution in [1.29, 1.82) is 0 Å². The second-order valence-electron chi connectivity index (χ2n) is 5.41. The molecule has 130 valence electrons. The highest BCUT2D eigenvalue weighted by molar-refractivity contribution is 5.85. The van der Waals surface area contributed by atoms with Gasteiger partial charge in [-0.3, -0.25) is 4.79 Å². The SMILES string of the molecule is CC(N)C(C)C(=O)NCCc1nc2cc(F)ccc2n1C.Cl.Cl. The fourth-order valence-electron chi connectivity index (χ4n) is 2.14. The number of hydrogen-bond donors (Lipinski definition) is 2. The molecule has 23 heavy (non-hydrogen) atoms. The fourth-order valence-corrected chi connectivity index (χ4v) is 2.14. The van der Waals surface area contributed by atoms with Gasteiger partial charge in [-0.15, -0.1) is 24.8 Å². The average Bonchev–Trinajstić information content (AvgIpc) is 2.73. The predicted octanol–water partition coefficient (Wildman–Crippen LogP) is 2.20. The van der Waals surface area contributed by atoms with Crippen LogP contribution in [0.15, 0.2) is 18.2 Å². The van der Waals surface area contributed by atoms with Crippen molar-refractivity contribution in [2.75, 3.05) is 6.54 Å². The molecule has 8 heteroatoms. The largest absolute Gasteiger partial charge is 0.355 e. The van der Waals surface area contributed by atoms with Gasteiger partial charge in [0.25, 0.3) is 0 Å². The number of amides is 1. The molecule has 2 atom stereocenters. The number of nitrogens with one attached hydrogen (secondary N) is 1. The number of imidazole rings is 1. The third-order valence-corrected chi connectivity index (χ3v) is 3.79. The van der Waals surface area contributed by atoms with E-state index in [0.717, 1.165) is 11.3 Å². The highest BCUT2D eigenvalue weighted by atomic mass is 35.5. The normalized spacial score (nSPS) is 12.9. The van der Waals surface area contributed by atoms with E-state index >= 15 is 0 Å². The summed E-state index contributed by atoms with van der Waals surface area (Å²) in [5, 5.41) is 2.85. The summed E-state index contributed by atoms with van der Waals surface area (Å²) in [6.45, 7) is 4.09. The van der Waals surface area contributed by atoms with Crippen LogP contribution in [0.5, 0.6) is 0 Å². The first-order valence-corrected chi connectivity index (χ1v) is 7.04. The molecule has 0 bridgehead atoms. The third kappa shape index (κ3) is 5.06. The van der Waals surface area contributed by atoms with E-state index in [1.54, 1.807) is 13.0 Å². The summed E-state index contributed by atoms with van der Waals surface area (Å²) in [5.41, 5.74) is 7.20. The lowest BCUT2D eigenvalue weighted by Crippen LogP contribution is -2.39. The quantitative estimate of drug-likeness (QED) is 0.853. The summed E-state index contributed by atoms with van der Waals surface area (Å²) in [7, 11) is 1.88. The molecule has 0 radical (unpaired) electrons. The molecule has 3 N–H and O–H groups in total. The molecule has 0 aliphatic heterocycles. The predicted molar refractivity (Wildman–Crippen MR) is 94.7 cm³/mol. The van der Waals surface area contributed by atoms with Crippen molar-refractivity contribution in [3.05, 3.63) is 29.8 Å². The first-order valence-electron chi connectivity index (χ1n) is 7.04. The molecule has 2 rings (SSSR count). The first kappa shape index (κ1) is 21.6. The molecule has 0 fully saturated rings. The molecule has 0 saturated carbocycles. The number of hydrogen-bond acceptors (Lipinski definition) is 3. The first-order chi connectivity index (χ1) is 9.90. The van der Waals surface area contributed by atoms with Crippen molar-refractivity contribution in [3.63, 3.8) is 0 Å². The van der Waals surface area contributed by atoms with E-state index in [1.165, 1.54) is 12.1 Å². The maximum atomic E-state index is 13.2. The van der Waals surface area contributed by atoms with E-state index in [2.05, 4.69) is 10.3 Å².